The number of hydrogen-bond donors (Lipinski definition) is 2. The minimum Gasteiger partial charge on any atom is -0.436 e. The van der Waals surface area contributed by atoms with Gasteiger partial charge in [-0.3, -0.25) is 9.69 Å². The molecule has 1 aliphatic heterocycles. The number of anilines is 1. The Morgan fingerprint density at radius 3 is 2.75 bits per heavy atom. The average Bonchev–Trinajstić information content (AvgIpc) is 3.66. The number of benzene rings is 2. The van der Waals surface area contributed by atoms with Gasteiger partial charge in [0, 0.05) is 49.4 Å². The van der Waals surface area contributed by atoms with Gasteiger partial charge in [0.15, 0.2) is 17.2 Å². The number of rotatable bonds is 9. The highest BCUT2D eigenvalue weighted by Gasteiger charge is 2.25. The lowest BCUT2D eigenvalue weighted by Gasteiger charge is -2.26. The molecule has 2 aromatic carbocycles. The first kappa shape index (κ1) is 26.1. The van der Waals surface area contributed by atoms with E-state index in [2.05, 4.69) is 25.6 Å². The van der Waals surface area contributed by atoms with E-state index in [9.17, 15) is 13.6 Å². The molecule has 0 bridgehead atoms. The maximum absolute atomic E-state index is 14.4. The molecule has 0 unspecified atom stereocenters. The summed E-state index contributed by atoms with van der Waals surface area (Å²) in [6, 6.07) is 11.2. The van der Waals surface area contributed by atoms with Crippen molar-refractivity contribution < 1.29 is 23.0 Å². The zero-order chi connectivity index (χ0) is 27.6. The first-order valence-corrected chi connectivity index (χ1v) is 13.4. The van der Waals surface area contributed by atoms with Gasteiger partial charge in [0.05, 0.1) is 19.4 Å². The van der Waals surface area contributed by atoms with Crippen molar-refractivity contribution in [2.75, 3.05) is 44.7 Å². The zero-order valence-electron chi connectivity index (χ0n) is 22.1. The summed E-state index contributed by atoms with van der Waals surface area (Å²) < 4.78 is 41.1. The maximum Gasteiger partial charge on any atom is 0.251 e. The fraction of sp³-hybridized carbons (Fsp3) is 0.345. The molecule has 2 N–H and O–H groups in total. The van der Waals surface area contributed by atoms with Crippen LogP contribution in [0.5, 0.6) is 11.6 Å². The van der Waals surface area contributed by atoms with E-state index in [-0.39, 0.29) is 23.6 Å². The highest BCUT2D eigenvalue weighted by atomic mass is 19.2. The van der Waals surface area contributed by atoms with E-state index in [1.165, 1.54) is 12.1 Å². The average molecular weight is 549 g/mol. The summed E-state index contributed by atoms with van der Waals surface area (Å²) in [6.07, 6.45) is 3.73. The van der Waals surface area contributed by atoms with E-state index in [0.29, 0.717) is 42.4 Å². The number of fused-ring (bicyclic) bond motifs is 1. The number of morpholine rings is 1. The Balaban J connectivity index is 1.33. The second-order valence-electron chi connectivity index (χ2n) is 10.1. The molecule has 11 heteroatoms. The molecule has 3 heterocycles. The van der Waals surface area contributed by atoms with Crippen molar-refractivity contribution in [1.29, 1.82) is 0 Å². The van der Waals surface area contributed by atoms with Gasteiger partial charge < -0.3 is 20.1 Å². The minimum absolute atomic E-state index is 0.0795. The SMILES string of the molecule is Cc1cc(-c2cnn3c(NCCN4CCOCC4)cc(Oc4cccc(F)c4F)nc23)ccc1C(=O)NC1CC1. The molecule has 6 rings (SSSR count). The van der Waals surface area contributed by atoms with Crippen LogP contribution in [0.4, 0.5) is 14.6 Å². The summed E-state index contributed by atoms with van der Waals surface area (Å²) in [4.78, 5) is 19.5. The van der Waals surface area contributed by atoms with Gasteiger partial charge in [0.2, 0.25) is 11.7 Å². The van der Waals surface area contributed by atoms with Crippen LogP contribution >= 0.6 is 0 Å². The van der Waals surface area contributed by atoms with Crippen molar-refractivity contribution in [3.05, 3.63) is 71.4 Å². The van der Waals surface area contributed by atoms with Crippen LogP contribution in [0.2, 0.25) is 0 Å². The molecule has 4 aromatic rings. The van der Waals surface area contributed by atoms with Gasteiger partial charge in [-0.2, -0.15) is 19.0 Å². The Kier molecular flexibility index (Phi) is 7.31. The Morgan fingerprint density at radius 2 is 1.98 bits per heavy atom. The zero-order valence-corrected chi connectivity index (χ0v) is 22.1. The maximum atomic E-state index is 14.4. The molecule has 1 amide bonds. The largest absolute Gasteiger partial charge is 0.436 e. The van der Waals surface area contributed by atoms with Crippen molar-refractivity contribution in [1.82, 2.24) is 24.8 Å². The summed E-state index contributed by atoms with van der Waals surface area (Å²) in [5.41, 5.74) is 3.44. The molecule has 2 aromatic heterocycles. The standard InChI is InChI=1S/C29H30F2N6O3/c1-18-15-19(5-8-21(18)29(38)34-20-6-7-20)22-17-33-37-25(32-9-10-36-11-13-39-14-12-36)16-26(35-28(22)37)40-24-4-2-3-23(30)27(24)31/h2-5,8,15-17,20,32H,6-7,9-14H2,1H3,(H,34,38). The van der Waals surface area contributed by atoms with E-state index in [4.69, 9.17) is 9.47 Å². The first-order chi connectivity index (χ1) is 19.5. The number of carbonyl (C=O) groups excluding carboxylic acids is 1. The fourth-order valence-electron chi connectivity index (χ4n) is 4.74. The van der Waals surface area contributed by atoms with E-state index < -0.39 is 11.6 Å². The molecule has 0 radical (unpaired) electrons. The Bertz CT molecular complexity index is 1550. The van der Waals surface area contributed by atoms with Crippen molar-refractivity contribution in [3.63, 3.8) is 0 Å². The van der Waals surface area contributed by atoms with Gasteiger partial charge in [-0.25, -0.2) is 4.39 Å². The van der Waals surface area contributed by atoms with Crippen LogP contribution in [-0.4, -0.2) is 70.8 Å². The van der Waals surface area contributed by atoms with E-state index in [0.717, 1.165) is 49.7 Å². The van der Waals surface area contributed by atoms with Crippen molar-refractivity contribution in [3.8, 4) is 22.8 Å². The van der Waals surface area contributed by atoms with Crippen molar-refractivity contribution in [2.24, 2.45) is 0 Å². The van der Waals surface area contributed by atoms with Crippen molar-refractivity contribution >= 4 is 17.4 Å². The highest BCUT2D eigenvalue weighted by Crippen LogP contribution is 2.32. The lowest BCUT2D eigenvalue weighted by atomic mass is 10.0. The number of ether oxygens (including phenoxy) is 2. The number of aromatic nitrogens is 3. The van der Waals surface area contributed by atoms with Gasteiger partial charge >= 0.3 is 0 Å². The molecule has 208 valence electrons. The van der Waals surface area contributed by atoms with Crippen LogP contribution in [0.15, 0.2) is 48.7 Å². The number of carbonyl (C=O) groups is 1. The Labute approximate surface area is 230 Å². The molecule has 1 saturated carbocycles. The third-order valence-electron chi connectivity index (χ3n) is 7.11. The summed E-state index contributed by atoms with van der Waals surface area (Å²) in [6.45, 7) is 6.44. The van der Waals surface area contributed by atoms with Gasteiger partial charge in [0.25, 0.3) is 5.91 Å². The fourth-order valence-corrected chi connectivity index (χ4v) is 4.74. The predicted octanol–water partition coefficient (Wildman–Crippen LogP) is 4.41. The van der Waals surface area contributed by atoms with Gasteiger partial charge in [-0.15, -0.1) is 0 Å². The van der Waals surface area contributed by atoms with Crippen LogP contribution in [0, 0.1) is 18.6 Å². The lowest BCUT2D eigenvalue weighted by molar-refractivity contribution is 0.0398. The minimum atomic E-state index is -1.09. The molecule has 0 atom stereocenters. The quantitative estimate of drug-likeness (QED) is 0.320. The summed E-state index contributed by atoms with van der Waals surface area (Å²) >= 11 is 0. The molecular weight excluding hydrogens is 518 g/mol. The molecule has 40 heavy (non-hydrogen) atoms. The highest BCUT2D eigenvalue weighted by molar-refractivity contribution is 5.97. The van der Waals surface area contributed by atoms with E-state index in [1.54, 1.807) is 22.8 Å². The van der Waals surface area contributed by atoms with Crippen LogP contribution < -0.4 is 15.4 Å². The first-order valence-electron chi connectivity index (χ1n) is 13.4. The molecular formula is C29H30F2N6O3. The van der Waals surface area contributed by atoms with Gasteiger partial charge in [-0.1, -0.05) is 18.2 Å². The van der Waals surface area contributed by atoms with Crippen LogP contribution in [0.25, 0.3) is 16.8 Å². The second kappa shape index (κ2) is 11.2. The Hall–Kier alpha value is -4.09. The predicted molar refractivity (Wildman–Crippen MR) is 146 cm³/mol. The normalized spacial score (nSPS) is 15.8. The number of aryl methyl sites for hydroxylation is 1. The molecule has 2 aliphatic rings. The summed E-state index contributed by atoms with van der Waals surface area (Å²) in [5, 5.41) is 11.0. The Morgan fingerprint density at radius 1 is 1.15 bits per heavy atom. The molecule has 2 fully saturated rings. The van der Waals surface area contributed by atoms with Crippen LogP contribution in [0.3, 0.4) is 0 Å². The van der Waals surface area contributed by atoms with E-state index in [1.807, 2.05) is 19.1 Å². The number of amides is 1. The second-order valence-corrected chi connectivity index (χ2v) is 10.1. The number of nitrogens with zero attached hydrogens (tertiary/aromatic N) is 4. The topological polar surface area (TPSA) is 93.0 Å². The van der Waals surface area contributed by atoms with Gasteiger partial charge in [-0.05, 0) is 49.1 Å². The number of halogens is 2. The van der Waals surface area contributed by atoms with Crippen LogP contribution in [0.1, 0.15) is 28.8 Å². The molecule has 1 aliphatic carbocycles. The number of nitrogens with one attached hydrogen (secondary N) is 2. The lowest BCUT2D eigenvalue weighted by Crippen LogP contribution is -2.39. The van der Waals surface area contributed by atoms with E-state index >= 15 is 0 Å². The van der Waals surface area contributed by atoms with Crippen molar-refractivity contribution in [2.45, 2.75) is 25.8 Å². The smallest absolute Gasteiger partial charge is 0.251 e. The van der Waals surface area contributed by atoms with Crippen LogP contribution in [-0.2, 0) is 4.74 Å². The third-order valence-corrected chi connectivity index (χ3v) is 7.11. The third kappa shape index (κ3) is 5.61. The summed E-state index contributed by atoms with van der Waals surface area (Å²) in [7, 11) is 0. The van der Waals surface area contributed by atoms with Gasteiger partial charge in [0.1, 0.15) is 5.82 Å². The molecule has 0 spiro atoms. The number of hydrogen-bond acceptors (Lipinski definition) is 7. The molecule has 1 saturated heterocycles. The monoisotopic (exact) mass is 548 g/mol. The molecule has 9 nitrogen and oxygen atoms in total. The summed E-state index contributed by atoms with van der Waals surface area (Å²) in [5.74, 6) is -1.76.